The summed E-state index contributed by atoms with van der Waals surface area (Å²) in [6.07, 6.45) is -1.90. The second-order valence-electron chi connectivity index (χ2n) is 9.89. The Kier molecular flexibility index (Phi) is 8.83. The lowest BCUT2D eigenvalue weighted by molar-refractivity contribution is -0.137. The van der Waals surface area contributed by atoms with E-state index < -0.39 is 22.8 Å². The molecule has 4 rings (SSSR count). The van der Waals surface area contributed by atoms with Gasteiger partial charge in [-0.2, -0.15) is 18.4 Å². The summed E-state index contributed by atoms with van der Waals surface area (Å²) in [5.41, 5.74) is 2.31. The Balaban J connectivity index is 1.52. The summed E-state index contributed by atoms with van der Waals surface area (Å²) in [6, 6.07) is 20.5. The molecule has 2 amide bonds. The first-order valence-corrected chi connectivity index (χ1v) is 13.3. The molecule has 3 aromatic carbocycles. The summed E-state index contributed by atoms with van der Waals surface area (Å²) >= 11 is 5.70. The number of nitrogens with one attached hydrogen (secondary N) is 2. The average molecular weight is 555 g/mol. The highest BCUT2D eigenvalue weighted by Gasteiger charge is 2.37. The normalized spacial score (nSPS) is 15.4. The molecule has 204 valence electrons. The predicted octanol–water partition coefficient (Wildman–Crippen LogP) is 7.46. The molecule has 39 heavy (non-hydrogen) atoms. The van der Waals surface area contributed by atoms with Crippen molar-refractivity contribution in [2.75, 3.05) is 31.5 Å². The third kappa shape index (κ3) is 6.92. The highest BCUT2D eigenvalue weighted by atomic mass is 35.5. The largest absolute Gasteiger partial charge is 0.417 e. The zero-order chi connectivity index (χ0) is 28.0. The molecule has 1 saturated heterocycles. The number of halogens is 4. The van der Waals surface area contributed by atoms with Gasteiger partial charge in [-0.3, -0.25) is 0 Å². The van der Waals surface area contributed by atoms with Crippen LogP contribution < -0.4 is 10.6 Å². The van der Waals surface area contributed by atoms with Crippen molar-refractivity contribution in [3.05, 3.63) is 88.4 Å². The van der Waals surface area contributed by atoms with Crippen LogP contribution in [-0.2, 0) is 11.6 Å². The summed E-state index contributed by atoms with van der Waals surface area (Å²) < 4.78 is 39.7. The van der Waals surface area contributed by atoms with Crippen LogP contribution in [0.1, 0.15) is 42.9 Å². The van der Waals surface area contributed by atoms with Crippen LogP contribution in [0, 0.1) is 11.3 Å². The van der Waals surface area contributed by atoms with Crippen molar-refractivity contribution >= 4 is 23.3 Å². The van der Waals surface area contributed by atoms with Crippen LogP contribution in [0.5, 0.6) is 0 Å². The van der Waals surface area contributed by atoms with Crippen molar-refractivity contribution in [3.63, 3.8) is 0 Å². The Morgan fingerprint density at radius 3 is 2.41 bits per heavy atom. The maximum absolute atomic E-state index is 13.2. The molecule has 1 fully saturated rings. The summed E-state index contributed by atoms with van der Waals surface area (Å²) in [5, 5.41) is 14.2. The fourth-order valence-electron chi connectivity index (χ4n) is 5.12. The Morgan fingerprint density at radius 2 is 1.77 bits per heavy atom. The minimum absolute atomic E-state index is 0.0139. The molecule has 9 heteroatoms. The van der Waals surface area contributed by atoms with Gasteiger partial charge in [0.05, 0.1) is 22.2 Å². The number of carbonyl (C=O) groups is 1. The number of benzene rings is 3. The smallest absolute Gasteiger partial charge is 0.337 e. The van der Waals surface area contributed by atoms with Gasteiger partial charge in [0.1, 0.15) is 0 Å². The summed E-state index contributed by atoms with van der Waals surface area (Å²) in [4.78, 5) is 15.2. The van der Waals surface area contributed by atoms with E-state index >= 15 is 0 Å². The van der Waals surface area contributed by atoms with Crippen LogP contribution >= 0.6 is 11.6 Å². The predicted molar refractivity (Wildman–Crippen MR) is 148 cm³/mol. The summed E-state index contributed by atoms with van der Waals surface area (Å²) in [5.74, 6) is 0. The van der Waals surface area contributed by atoms with Gasteiger partial charge < -0.3 is 15.5 Å². The van der Waals surface area contributed by atoms with Gasteiger partial charge in [0, 0.05) is 17.6 Å². The van der Waals surface area contributed by atoms with Crippen LogP contribution in [0.4, 0.5) is 23.7 Å². The zero-order valence-corrected chi connectivity index (χ0v) is 22.4. The Hall–Kier alpha value is -3.54. The number of hydrogen-bond donors (Lipinski definition) is 2. The molecule has 0 atom stereocenters. The van der Waals surface area contributed by atoms with Gasteiger partial charge in [-0.05, 0) is 85.9 Å². The van der Waals surface area contributed by atoms with E-state index in [1.165, 1.54) is 6.07 Å². The average Bonchev–Trinajstić information content (AvgIpc) is 2.93. The van der Waals surface area contributed by atoms with Crippen molar-refractivity contribution in [3.8, 4) is 17.2 Å². The third-order valence-corrected chi connectivity index (χ3v) is 7.62. The van der Waals surface area contributed by atoms with Crippen LogP contribution in [-0.4, -0.2) is 37.1 Å². The first kappa shape index (κ1) is 28.5. The minimum atomic E-state index is -4.62. The van der Waals surface area contributed by atoms with Crippen molar-refractivity contribution in [1.29, 1.82) is 5.26 Å². The number of urea groups is 1. The SMILES string of the molecule is CCCN1CCC(CNC(=O)Nc2ccc(Cl)c(C(F)(F)F)c2)(c2ccc(-c3cccc(C#N)c3)cc2)CC1. The van der Waals surface area contributed by atoms with Crippen LogP contribution in [0.25, 0.3) is 11.1 Å². The van der Waals surface area contributed by atoms with Crippen molar-refractivity contribution in [1.82, 2.24) is 10.2 Å². The fraction of sp³-hybridized carbons (Fsp3) is 0.333. The van der Waals surface area contributed by atoms with E-state index in [2.05, 4.69) is 40.7 Å². The van der Waals surface area contributed by atoms with E-state index in [0.717, 1.165) is 67.7 Å². The molecule has 0 spiro atoms. The molecule has 0 unspecified atom stereocenters. The first-order chi connectivity index (χ1) is 18.6. The van der Waals surface area contributed by atoms with Gasteiger partial charge in [0.15, 0.2) is 0 Å². The molecule has 3 aromatic rings. The molecule has 0 bridgehead atoms. The van der Waals surface area contributed by atoms with Gasteiger partial charge in [-0.25, -0.2) is 4.79 Å². The number of alkyl halides is 3. The number of rotatable bonds is 7. The van der Waals surface area contributed by atoms with Gasteiger partial charge in [0.25, 0.3) is 0 Å². The highest BCUT2D eigenvalue weighted by Crippen LogP contribution is 2.37. The lowest BCUT2D eigenvalue weighted by Crippen LogP contribution is -2.49. The number of anilines is 1. The fourth-order valence-corrected chi connectivity index (χ4v) is 5.34. The molecule has 0 radical (unpaired) electrons. The van der Waals surface area contributed by atoms with E-state index in [-0.39, 0.29) is 11.1 Å². The number of piperidine rings is 1. The molecule has 1 heterocycles. The molecule has 5 nitrogen and oxygen atoms in total. The number of carbonyl (C=O) groups excluding carboxylic acids is 1. The van der Waals surface area contributed by atoms with Crippen LogP contribution in [0.3, 0.4) is 0 Å². The quantitative estimate of drug-likeness (QED) is 0.318. The number of likely N-dealkylation sites (tertiary alicyclic amines) is 1. The molecule has 1 aliphatic heterocycles. The van der Waals surface area contributed by atoms with Crippen molar-refractivity contribution in [2.24, 2.45) is 0 Å². The second-order valence-corrected chi connectivity index (χ2v) is 10.3. The molecular weight excluding hydrogens is 525 g/mol. The van der Waals surface area contributed by atoms with Gasteiger partial charge >= 0.3 is 12.2 Å². The lowest BCUT2D eigenvalue weighted by Gasteiger charge is -2.42. The number of nitrogens with zero attached hydrogens (tertiary/aromatic N) is 2. The Labute approximate surface area is 231 Å². The van der Waals surface area contributed by atoms with Gasteiger partial charge in [-0.15, -0.1) is 0 Å². The molecule has 0 aromatic heterocycles. The highest BCUT2D eigenvalue weighted by molar-refractivity contribution is 6.31. The molecule has 2 N–H and O–H groups in total. The number of nitriles is 1. The van der Waals surface area contributed by atoms with E-state index in [4.69, 9.17) is 11.6 Å². The van der Waals surface area contributed by atoms with Gasteiger partial charge in [0.2, 0.25) is 0 Å². The molecule has 0 aliphatic carbocycles. The van der Waals surface area contributed by atoms with Gasteiger partial charge in [-0.1, -0.05) is 54.9 Å². The van der Waals surface area contributed by atoms with E-state index in [0.29, 0.717) is 12.1 Å². The van der Waals surface area contributed by atoms with Crippen molar-refractivity contribution in [2.45, 2.75) is 37.8 Å². The Bertz CT molecular complexity index is 1340. The van der Waals surface area contributed by atoms with E-state index in [9.17, 15) is 23.2 Å². The number of amides is 2. The van der Waals surface area contributed by atoms with E-state index in [1.807, 2.05) is 30.3 Å². The van der Waals surface area contributed by atoms with Crippen LogP contribution in [0.2, 0.25) is 5.02 Å². The molecule has 1 aliphatic rings. The standard InChI is InChI=1S/C30H30ClF3N4O/c1-2-14-38-15-12-29(13-16-38,24-8-6-22(7-9-24)23-5-3-4-21(17-23)19-35)20-36-28(39)37-25-10-11-27(31)26(18-25)30(32,33)34/h3-11,17-18H,2,12-16,20H2,1H3,(H2,36,37,39). The second kappa shape index (κ2) is 12.1. The minimum Gasteiger partial charge on any atom is -0.337 e. The molecular formula is C30H30ClF3N4O. The maximum Gasteiger partial charge on any atom is 0.417 e. The maximum atomic E-state index is 13.2. The number of hydrogen-bond acceptors (Lipinski definition) is 3. The Morgan fingerprint density at radius 1 is 1.05 bits per heavy atom. The molecule has 0 saturated carbocycles. The van der Waals surface area contributed by atoms with E-state index in [1.54, 1.807) is 6.07 Å². The van der Waals surface area contributed by atoms with Crippen molar-refractivity contribution < 1.29 is 18.0 Å². The third-order valence-electron chi connectivity index (χ3n) is 7.29. The first-order valence-electron chi connectivity index (χ1n) is 12.9. The zero-order valence-electron chi connectivity index (χ0n) is 21.6. The topological polar surface area (TPSA) is 68.2 Å². The summed E-state index contributed by atoms with van der Waals surface area (Å²) in [6.45, 7) is 5.26. The monoisotopic (exact) mass is 554 g/mol. The lowest BCUT2D eigenvalue weighted by atomic mass is 9.72. The summed E-state index contributed by atoms with van der Waals surface area (Å²) in [7, 11) is 0. The van der Waals surface area contributed by atoms with Crippen LogP contribution in [0.15, 0.2) is 66.7 Å².